The molecule has 29 heteroatoms. The van der Waals surface area contributed by atoms with Crippen molar-refractivity contribution in [3.63, 3.8) is 0 Å². The molecule has 0 saturated heterocycles. The van der Waals surface area contributed by atoms with E-state index in [2.05, 4.69) is 15.0 Å². The summed E-state index contributed by atoms with van der Waals surface area (Å²) in [4.78, 5) is 12.4. The molecule has 87 heavy (non-hydrogen) atoms. The third-order valence-corrected chi connectivity index (χ3v) is 13.3. The maximum atomic E-state index is 16.5. The highest BCUT2D eigenvalue weighted by molar-refractivity contribution is 5.83. The van der Waals surface area contributed by atoms with E-state index in [1.807, 2.05) is 0 Å². The molecule has 1 aromatic heterocycles. The van der Waals surface area contributed by atoms with Gasteiger partial charge in [0, 0.05) is 22.3 Å². The van der Waals surface area contributed by atoms with E-state index in [4.69, 9.17) is 0 Å². The maximum Gasteiger partial charge on any atom is 0.200 e. The molecular weight excluding hydrogens is 1230 g/mol. The molecule has 0 N–H and O–H groups in total. The highest BCUT2D eigenvalue weighted by atomic mass is 19.2. The molecule has 0 unspecified atom stereocenters. The highest BCUT2D eigenvalue weighted by Crippen LogP contribution is 2.46. The van der Waals surface area contributed by atoms with E-state index in [0.29, 0.717) is 43.3 Å². The predicted molar refractivity (Wildman–Crippen MR) is 252 cm³/mol. The van der Waals surface area contributed by atoms with Gasteiger partial charge in [-0.25, -0.2) is 129 Å². The van der Waals surface area contributed by atoms with Crippen LogP contribution in [0.2, 0.25) is 0 Å². The van der Waals surface area contributed by atoms with Gasteiger partial charge < -0.3 is 0 Å². The average Bonchev–Trinajstić information content (AvgIpc) is 0.827. The van der Waals surface area contributed by atoms with Crippen LogP contribution in [0.3, 0.4) is 0 Å². The Labute approximate surface area is 465 Å². The molecule has 1 heterocycles. The molecule has 0 fully saturated rings. The molecule has 3 nitrogen and oxygen atoms in total. The number of hydrogen-bond acceptors (Lipinski definition) is 3. The second-order valence-electron chi connectivity index (χ2n) is 18.2. The minimum Gasteiger partial charge on any atom is -0.208 e. The average molecular weight is 1250 g/mol. The standard InChI is InChI=1S/C58H15F26N3/c1-14-30(59)38(67)27(39(68)31(14)60)24-32(61)21(35(64)47(76)40(24)69)15-5-2-8-18(11-15)56-85-57(19-9-3-6-16(12-19)22-33(62)25(41(70)48(77)36(22)65)28-43(72)50(79)54(83)51(80)44(28)73)87-58(86-56)20-10-4-7-17(13-20)23-34(63)26(42(71)49(78)37(23)66)29-45(74)52(81)55(84)53(82)46(29)75/h2-13H,1H3. The SMILES string of the molecule is Cc1c(F)c(F)c(-c2c(F)c(F)c(F)c(-c3cccc(-c4nc(-c5cccc(-c6c(F)c(F)c(F)c(-c7c(F)c(F)c(F)c(F)c7F)c6F)c5)nc(-c5cccc(-c6c(F)c(F)c(F)c(-c7c(F)c(F)c(F)c(F)c7F)c6F)c5)n4)c3)c2F)c(F)c1F. The largest absolute Gasteiger partial charge is 0.208 e. The Morgan fingerprint density at radius 1 is 0.184 bits per heavy atom. The van der Waals surface area contributed by atoms with E-state index >= 15 is 79.0 Å². The third kappa shape index (κ3) is 9.31. The fourth-order valence-electron chi connectivity index (χ4n) is 9.13. The monoisotopic (exact) mass is 1250 g/mol. The Morgan fingerprint density at radius 2 is 0.345 bits per heavy atom. The van der Waals surface area contributed by atoms with Gasteiger partial charge in [-0.2, -0.15) is 0 Å². The van der Waals surface area contributed by atoms with Gasteiger partial charge in [-0.05, 0) is 41.8 Å². The van der Waals surface area contributed by atoms with Crippen molar-refractivity contribution in [1.29, 1.82) is 0 Å². The molecule has 444 valence electrons. The zero-order valence-corrected chi connectivity index (χ0v) is 41.6. The van der Waals surface area contributed by atoms with Crippen molar-refractivity contribution < 1.29 is 114 Å². The van der Waals surface area contributed by atoms with Gasteiger partial charge in [0.2, 0.25) is 11.6 Å². The fourth-order valence-corrected chi connectivity index (χ4v) is 9.13. The normalized spacial score (nSPS) is 11.6. The maximum absolute atomic E-state index is 16.5. The van der Waals surface area contributed by atoms with Crippen LogP contribution in [-0.2, 0) is 0 Å². The quantitative estimate of drug-likeness (QED) is 0.0821. The molecule has 0 amide bonds. The minimum atomic E-state index is -2.88. The lowest BCUT2D eigenvalue weighted by Crippen LogP contribution is -2.10. The number of rotatable bonds is 9. The molecule has 10 rings (SSSR count). The van der Waals surface area contributed by atoms with E-state index in [-0.39, 0.29) is 0 Å². The summed E-state index contributed by atoms with van der Waals surface area (Å²) >= 11 is 0. The summed E-state index contributed by atoms with van der Waals surface area (Å²) in [5.74, 6) is -72.3. The van der Waals surface area contributed by atoms with Crippen LogP contribution >= 0.6 is 0 Å². The van der Waals surface area contributed by atoms with Gasteiger partial charge >= 0.3 is 0 Å². The topological polar surface area (TPSA) is 38.7 Å². The summed E-state index contributed by atoms with van der Waals surface area (Å²) in [6.45, 7) is 0.500. The summed E-state index contributed by atoms with van der Waals surface area (Å²) in [5.41, 5.74) is -25.6. The molecule has 0 aliphatic rings. The predicted octanol–water partition coefficient (Wildman–Crippen LogP) is 18.8. The van der Waals surface area contributed by atoms with Crippen LogP contribution in [0.4, 0.5) is 114 Å². The van der Waals surface area contributed by atoms with Crippen molar-refractivity contribution in [2.24, 2.45) is 0 Å². The van der Waals surface area contributed by atoms with Crippen molar-refractivity contribution in [1.82, 2.24) is 15.0 Å². The number of halogens is 26. The lowest BCUT2D eigenvalue weighted by molar-refractivity contribution is 0.379. The summed E-state index contributed by atoms with van der Waals surface area (Å²) in [6, 6.07) is 8.83. The number of benzene rings is 9. The van der Waals surface area contributed by atoms with Crippen LogP contribution in [0.25, 0.3) is 101 Å². The van der Waals surface area contributed by atoms with Crippen LogP contribution in [0.1, 0.15) is 5.56 Å². The molecule has 0 radical (unpaired) electrons. The van der Waals surface area contributed by atoms with Gasteiger partial charge in [-0.15, -0.1) is 0 Å². The molecule has 0 aliphatic heterocycles. The van der Waals surface area contributed by atoms with Crippen LogP contribution in [0.5, 0.6) is 0 Å². The van der Waals surface area contributed by atoms with Crippen LogP contribution in [-0.4, -0.2) is 15.0 Å². The number of hydrogen-bond donors (Lipinski definition) is 0. The lowest BCUT2D eigenvalue weighted by Gasteiger charge is -2.16. The molecule has 0 aliphatic carbocycles. The van der Waals surface area contributed by atoms with Gasteiger partial charge in [0.05, 0.1) is 50.1 Å². The molecule has 0 bridgehead atoms. The highest BCUT2D eigenvalue weighted by Gasteiger charge is 2.38. The molecule has 0 atom stereocenters. The van der Waals surface area contributed by atoms with Crippen molar-refractivity contribution >= 4 is 0 Å². The molecule has 0 saturated carbocycles. The van der Waals surface area contributed by atoms with Gasteiger partial charge in [-0.1, -0.05) is 54.6 Å². The van der Waals surface area contributed by atoms with Gasteiger partial charge in [-0.3, -0.25) is 0 Å². The molecule has 9 aromatic carbocycles. The second-order valence-corrected chi connectivity index (χ2v) is 18.2. The third-order valence-electron chi connectivity index (χ3n) is 13.3. The van der Waals surface area contributed by atoms with Crippen molar-refractivity contribution in [2.75, 3.05) is 0 Å². The number of aromatic nitrogens is 3. The first-order chi connectivity index (χ1) is 40.9. The van der Waals surface area contributed by atoms with E-state index < -0.39 is 258 Å². The first kappa shape index (κ1) is 60.3. The van der Waals surface area contributed by atoms with E-state index in [0.717, 1.165) is 36.4 Å². The van der Waals surface area contributed by atoms with Gasteiger partial charge in [0.1, 0.15) is 17.5 Å². The van der Waals surface area contributed by atoms with Crippen LogP contribution in [0.15, 0.2) is 72.8 Å². The molecular formula is C58H15F26N3. The van der Waals surface area contributed by atoms with Crippen molar-refractivity contribution in [2.45, 2.75) is 6.92 Å². The molecule has 0 spiro atoms. The van der Waals surface area contributed by atoms with E-state index in [9.17, 15) is 35.1 Å². The minimum absolute atomic E-state index is 0.500. The van der Waals surface area contributed by atoms with Crippen LogP contribution < -0.4 is 0 Å². The number of nitrogens with zero attached hydrogens (tertiary/aromatic N) is 3. The summed E-state index contributed by atoms with van der Waals surface area (Å²) in [6.07, 6.45) is 0. The Bertz CT molecular complexity index is 4120. The van der Waals surface area contributed by atoms with Crippen LogP contribution in [0, 0.1) is 158 Å². The smallest absolute Gasteiger partial charge is 0.200 e. The van der Waals surface area contributed by atoms with E-state index in [1.54, 1.807) is 0 Å². The van der Waals surface area contributed by atoms with Gasteiger partial charge in [0.15, 0.2) is 140 Å². The zero-order chi connectivity index (χ0) is 63.6. The lowest BCUT2D eigenvalue weighted by atomic mass is 9.93. The summed E-state index contributed by atoms with van der Waals surface area (Å²) < 4.78 is 394. The Balaban J connectivity index is 1.21. The Kier molecular flexibility index (Phi) is 15.2. The first-order valence-electron chi connectivity index (χ1n) is 23.5. The van der Waals surface area contributed by atoms with Gasteiger partial charge in [0.25, 0.3) is 0 Å². The van der Waals surface area contributed by atoms with E-state index in [1.165, 1.54) is 0 Å². The summed E-state index contributed by atoms with van der Waals surface area (Å²) in [7, 11) is 0. The van der Waals surface area contributed by atoms with Crippen molar-refractivity contribution in [3.05, 3.63) is 230 Å². The second kappa shape index (κ2) is 21.9. The molecule has 10 aromatic rings. The summed E-state index contributed by atoms with van der Waals surface area (Å²) in [5, 5.41) is 0. The Hall–Kier alpha value is -9.83. The van der Waals surface area contributed by atoms with Crippen molar-refractivity contribution in [3.8, 4) is 101 Å². The fraction of sp³-hybridized carbons (Fsp3) is 0.0172. The zero-order valence-electron chi connectivity index (χ0n) is 41.6. The first-order valence-corrected chi connectivity index (χ1v) is 23.5. The Morgan fingerprint density at radius 3 is 0.575 bits per heavy atom.